The molecule has 6 unspecified atom stereocenters. The number of likely N-dealkylation sites (tertiary alicyclic amines) is 1. The molecule has 15 atom stereocenters. The fraction of sp³-hybridized carbons (Fsp3) is 0.886. The molecule has 1 saturated carbocycles. The van der Waals surface area contributed by atoms with Crippen LogP contribution in [0.2, 0.25) is 0 Å². The molecule has 1 aliphatic carbocycles. The largest absolute Gasteiger partial charge is 0.394 e. The van der Waals surface area contributed by atoms with Crippen LogP contribution < -0.4 is 16.0 Å². The number of ketones is 1. The van der Waals surface area contributed by atoms with Crippen LogP contribution in [-0.2, 0) is 42.9 Å². The summed E-state index contributed by atoms with van der Waals surface area (Å²) in [4.78, 5) is 53.8. The van der Waals surface area contributed by atoms with E-state index in [2.05, 4.69) is 16.0 Å². The molecule has 8 N–H and O–H groups in total. The maximum Gasteiger partial charge on any atom is 0.251 e. The molecular formula is C35H60N4O14. The van der Waals surface area contributed by atoms with Crippen LogP contribution in [0.3, 0.4) is 0 Å². The zero-order chi connectivity index (χ0) is 39.0. The molecule has 0 bridgehead atoms. The third-order valence-corrected chi connectivity index (χ3v) is 10.5. The summed E-state index contributed by atoms with van der Waals surface area (Å²) in [7, 11) is 1.77. The quantitative estimate of drug-likeness (QED) is 0.0710. The fourth-order valence-electron chi connectivity index (χ4n) is 7.46. The summed E-state index contributed by atoms with van der Waals surface area (Å²) in [5.74, 6) is -1.99. The van der Waals surface area contributed by atoms with E-state index in [-0.39, 0.29) is 31.0 Å². The monoisotopic (exact) mass is 760 g/mol. The number of Topliss-reactive ketones (excluding diaryl/α,β-unsaturated/α-hetero) is 1. The summed E-state index contributed by atoms with van der Waals surface area (Å²) in [6, 6.07) is -2.13. The van der Waals surface area contributed by atoms with E-state index in [1.54, 1.807) is 11.9 Å². The Kier molecular flexibility index (Phi) is 16.4. The molecule has 53 heavy (non-hydrogen) atoms. The summed E-state index contributed by atoms with van der Waals surface area (Å²) >= 11 is 0. The molecule has 304 valence electrons. The number of ether oxygens (including phenoxy) is 5. The molecule has 3 aliphatic heterocycles. The molecule has 3 amide bonds. The summed E-state index contributed by atoms with van der Waals surface area (Å²) in [6.07, 6.45) is -13.3. The average Bonchev–Trinajstić information content (AvgIpc) is 3.08. The normalized spacial score (nSPS) is 38.0. The van der Waals surface area contributed by atoms with Gasteiger partial charge in [-0.3, -0.25) is 19.2 Å². The van der Waals surface area contributed by atoms with Gasteiger partial charge < -0.3 is 70.1 Å². The van der Waals surface area contributed by atoms with Crippen molar-refractivity contribution in [3.63, 3.8) is 0 Å². The number of aliphatic hydroxyl groups is 5. The van der Waals surface area contributed by atoms with Crippen molar-refractivity contribution >= 4 is 23.5 Å². The fourth-order valence-corrected chi connectivity index (χ4v) is 7.46. The Morgan fingerprint density at radius 3 is 2.17 bits per heavy atom. The number of nitrogens with zero attached hydrogens (tertiary/aromatic N) is 1. The minimum Gasteiger partial charge on any atom is -0.394 e. The molecule has 0 aromatic carbocycles. The average molecular weight is 761 g/mol. The van der Waals surface area contributed by atoms with Crippen molar-refractivity contribution in [2.75, 3.05) is 33.3 Å². The molecular weight excluding hydrogens is 700 g/mol. The molecule has 4 rings (SSSR count). The van der Waals surface area contributed by atoms with Crippen LogP contribution in [0, 0.1) is 5.92 Å². The Balaban J connectivity index is 1.71. The molecule has 18 nitrogen and oxygen atoms in total. The van der Waals surface area contributed by atoms with Gasteiger partial charge in [-0.1, -0.05) is 13.3 Å². The first-order valence-corrected chi connectivity index (χ1v) is 18.8. The summed E-state index contributed by atoms with van der Waals surface area (Å²) in [5, 5.41) is 62.0. The molecule has 3 heterocycles. The number of rotatable bonds is 17. The molecule has 3 saturated heterocycles. The number of aliphatic hydroxyl groups excluding tert-OH is 5. The van der Waals surface area contributed by atoms with E-state index in [1.165, 1.54) is 20.8 Å². The van der Waals surface area contributed by atoms with Crippen molar-refractivity contribution in [3.05, 3.63) is 0 Å². The Morgan fingerprint density at radius 2 is 1.58 bits per heavy atom. The van der Waals surface area contributed by atoms with Crippen molar-refractivity contribution in [3.8, 4) is 0 Å². The molecule has 0 radical (unpaired) electrons. The standard InChI is InChI=1S/C35H60N4O14/c1-6-9-23(33(48)39-12-8-13-39)50-32-26(38-19(4)42)34(52-25(16-40)28(32)45)51-24-15-20(22(43)10-7-11-36-5)14-21(37-18(3)41)31(24)53-35-30(47)29(46)27(44)17(2)49-35/h17,20-21,23-32,34-36,40,44-47H,6-16H2,1-5H3,(H,37,41)(H,38,42)/t17?,20?,21?,23-,24+,25-,26?,27+,28-,29-,30?,31+,32?,34+,35-/m0/s1. The van der Waals surface area contributed by atoms with Gasteiger partial charge in [0.1, 0.15) is 60.7 Å². The molecule has 0 spiro atoms. The lowest BCUT2D eigenvalue weighted by Gasteiger charge is -2.49. The van der Waals surface area contributed by atoms with E-state index in [0.717, 1.165) is 6.42 Å². The van der Waals surface area contributed by atoms with Gasteiger partial charge in [-0.05, 0) is 52.6 Å². The number of nitrogens with one attached hydrogen (secondary N) is 3. The van der Waals surface area contributed by atoms with Crippen LogP contribution in [0.15, 0.2) is 0 Å². The zero-order valence-corrected chi connectivity index (χ0v) is 31.3. The second-order valence-corrected chi connectivity index (χ2v) is 14.6. The van der Waals surface area contributed by atoms with Crippen LogP contribution in [0.1, 0.15) is 72.6 Å². The van der Waals surface area contributed by atoms with E-state index in [9.17, 15) is 44.7 Å². The SMILES string of the molecule is CCC[C@H](OC1C(NC(C)=O)[C@H](O[C@@H]2CC(C(=O)CCCNC)CC(NC(C)=O)[C@H]2O[C@@H]2OC(C)[C@@H](O)[C@H](O)C2O)O[C@@H](CO)[C@@H]1O)C(=O)N1CCC1. The second-order valence-electron chi connectivity index (χ2n) is 14.6. The van der Waals surface area contributed by atoms with Gasteiger partial charge in [-0.25, -0.2) is 0 Å². The molecule has 0 aromatic rings. The highest BCUT2D eigenvalue weighted by Crippen LogP contribution is 2.37. The number of amides is 3. The molecule has 18 heteroatoms. The molecule has 4 aliphatic rings. The van der Waals surface area contributed by atoms with Crippen LogP contribution in [-0.4, -0.2) is 173 Å². The Bertz CT molecular complexity index is 1230. The highest BCUT2D eigenvalue weighted by atomic mass is 16.7. The van der Waals surface area contributed by atoms with Crippen molar-refractivity contribution in [1.82, 2.24) is 20.9 Å². The first-order chi connectivity index (χ1) is 25.2. The van der Waals surface area contributed by atoms with E-state index < -0.39 is 110 Å². The van der Waals surface area contributed by atoms with Gasteiger partial charge in [0.2, 0.25) is 11.8 Å². The highest BCUT2D eigenvalue weighted by molar-refractivity contribution is 5.82. The van der Waals surface area contributed by atoms with Crippen LogP contribution in [0.25, 0.3) is 0 Å². The Hall–Kier alpha value is -2.36. The number of carbonyl (C=O) groups is 4. The van der Waals surface area contributed by atoms with Crippen LogP contribution >= 0.6 is 0 Å². The molecule has 0 aromatic heterocycles. The third kappa shape index (κ3) is 10.9. The summed E-state index contributed by atoms with van der Waals surface area (Å²) in [5.41, 5.74) is 0. The van der Waals surface area contributed by atoms with Crippen LogP contribution in [0.4, 0.5) is 0 Å². The van der Waals surface area contributed by atoms with Gasteiger partial charge in [-0.15, -0.1) is 0 Å². The predicted molar refractivity (Wildman–Crippen MR) is 185 cm³/mol. The maximum atomic E-state index is 13.6. The zero-order valence-electron chi connectivity index (χ0n) is 31.3. The lowest BCUT2D eigenvalue weighted by atomic mass is 9.78. The van der Waals surface area contributed by atoms with E-state index >= 15 is 0 Å². The number of hydrogen-bond donors (Lipinski definition) is 8. The van der Waals surface area contributed by atoms with E-state index in [1.807, 2.05) is 6.92 Å². The van der Waals surface area contributed by atoms with Gasteiger partial charge in [0.05, 0.1) is 24.9 Å². The van der Waals surface area contributed by atoms with E-state index in [4.69, 9.17) is 23.7 Å². The smallest absolute Gasteiger partial charge is 0.251 e. The van der Waals surface area contributed by atoms with Crippen molar-refractivity contribution in [2.45, 2.75) is 158 Å². The van der Waals surface area contributed by atoms with Gasteiger partial charge in [0.25, 0.3) is 5.91 Å². The highest BCUT2D eigenvalue weighted by Gasteiger charge is 2.53. The van der Waals surface area contributed by atoms with Gasteiger partial charge in [-0.2, -0.15) is 0 Å². The summed E-state index contributed by atoms with van der Waals surface area (Å²) < 4.78 is 31.0. The lowest BCUT2D eigenvalue weighted by molar-refractivity contribution is -0.335. The minimum absolute atomic E-state index is 0.0269. The summed E-state index contributed by atoms with van der Waals surface area (Å²) in [6.45, 7) is 6.96. The second kappa shape index (κ2) is 20.0. The predicted octanol–water partition coefficient (Wildman–Crippen LogP) is -2.56. The van der Waals surface area contributed by atoms with Crippen molar-refractivity contribution in [1.29, 1.82) is 0 Å². The third-order valence-electron chi connectivity index (χ3n) is 10.5. The van der Waals surface area contributed by atoms with Gasteiger partial charge in [0, 0.05) is 39.3 Å². The topological polar surface area (TPSA) is 255 Å². The Morgan fingerprint density at radius 1 is 0.887 bits per heavy atom. The van der Waals surface area contributed by atoms with Crippen molar-refractivity contribution < 1.29 is 68.4 Å². The first-order valence-electron chi connectivity index (χ1n) is 18.8. The Labute approximate surface area is 310 Å². The van der Waals surface area contributed by atoms with Crippen molar-refractivity contribution in [2.24, 2.45) is 5.92 Å². The van der Waals surface area contributed by atoms with E-state index in [0.29, 0.717) is 38.9 Å². The minimum atomic E-state index is -1.70. The number of carbonyl (C=O) groups excluding carboxylic acids is 4. The van der Waals surface area contributed by atoms with Gasteiger partial charge >= 0.3 is 0 Å². The first kappa shape index (κ1) is 43.4. The van der Waals surface area contributed by atoms with Gasteiger partial charge in [0.15, 0.2) is 12.6 Å². The maximum absolute atomic E-state index is 13.6. The van der Waals surface area contributed by atoms with Crippen LogP contribution in [0.5, 0.6) is 0 Å². The lowest BCUT2D eigenvalue weighted by Crippen LogP contribution is -2.68. The molecule has 4 fully saturated rings. The number of hydrogen-bond acceptors (Lipinski definition) is 15.